The molecule has 1 aliphatic heterocycles. The summed E-state index contributed by atoms with van der Waals surface area (Å²) in [5.41, 5.74) is 3.27. The molecule has 1 aliphatic carbocycles. The first-order valence-electron chi connectivity index (χ1n) is 7.24. The number of amides is 2. The first-order valence-corrected chi connectivity index (χ1v) is 8.12. The second kappa shape index (κ2) is 6.62. The van der Waals surface area contributed by atoms with E-state index in [9.17, 15) is 9.59 Å². The molecule has 0 atom stereocenters. The van der Waals surface area contributed by atoms with Gasteiger partial charge in [0.05, 0.1) is 6.42 Å². The number of anilines is 1. The van der Waals surface area contributed by atoms with Gasteiger partial charge in [0.25, 0.3) is 5.91 Å². The Kier molecular flexibility index (Phi) is 4.39. The molecule has 0 radical (unpaired) electrons. The molecule has 0 bridgehead atoms. The Hall–Kier alpha value is -2.66. The van der Waals surface area contributed by atoms with Crippen molar-refractivity contribution in [1.29, 1.82) is 0 Å². The van der Waals surface area contributed by atoms with Gasteiger partial charge in [-0.25, -0.2) is 0 Å². The van der Waals surface area contributed by atoms with Crippen LogP contribution >= 0.6 is 11.3 Å². The molecule has 2 amide bonds. The Morgan fingerprint density at radius 2 is 1.96 bits per heavy atom. The number of carbonyl (C=O) groups excluding carboxylic acids is 2. The highest BCUT2D eigenvalue weighted by atomic mass is 32.1. The number of fused-ring (bicyclic) bond motifs is 1. The van der Waals surface area contributed by atoms with Crippen LogP contribution in [0.4, 0.5) is 5.69 Å². The molecule has 2 N–H and O–H groups in total. The highest BCUT2D eigenvalue weighted by molar-refractivity contribution is 7.13. The maximum absolute atomic E-state index is 12.3. The maximum atomic E-state index is 12.3. The highest BCUT2D eigenvalue weighted by Gasteiger charge is 2.13. The number of nitrogens with one attached hydrogen (secondary N) is 2. The lowest BCUT2D eigenvalue weighted by atomic mass is 10.1. The second-order valence-corrected chi connectivity index (χ2v) is 6.08. The van der Waals surface area contributed by atoms with Gasteiger partial charge in [-0.3, -0.25) is 9.59 Å². The molecule has 3 rings (SSSR count). The summed E-state index contributed by atoms with van der Waals surface area (Å²) in [5, 5.41) is 7.44. The average Bonchev–Trinajstić information content (AvgIpc) is 2.97. The van der Waals surface area contributed by atoms with Crippen molar-refractivity contribution in [1.82, 2.24) is 5.32 Å². The number of rotatable bonds is 4. The van der Waals surface area contributed by atoms with E-state index < -0.39 is 0 Å². The van der Waals surface area contributed by atoms with E-state index in [4.69, 9.17) is 0 Å². The maximum Gasteiger partial charge on any atom is 0.251 e. The topological polar surface area (TPSA) is 58.2 Å². The SMILES string of the molecule is CNC(=O)c1cccc(NC(=O)Cc2ccc3scccc2-3)c1. The molecule has 5 heteroatoms. The van der Waals surface area contributed by atoms with Gasteiger partial charge in [-0.1, -0.05) is 24.3 Å². The lowest BCUT2D eigenvalue weighted by Gasteiger charge is -2.08. The average molecular weight is 324 g/mol. The van der Waals surface area contributed by atoms with Crippen molar-refractivity contribution in [3.05, 3.63) is 65.0 Å². The molecule has 116 valence electrons. The van der Waals surface area contributed by atoms with Crippen LogP contribution in [0.1, 0.15) is 15.9 Å². The van der Waals surface area contributed by atoms with Crippen molar-refractivity contribution < 1.29 is 9.59 Å². The van der Waals surface area contributed by atoms with Gasteiger partial charge in [0, 0.05) is 23.2 Å². The van der Waals surface area contributed by atoms with Crippen molar-refractivity contribution in [3.8, 4) is 10.4 Å². The van der Waals surface area contributed by atoms with E-state index in [-0.39, 0.29) is 11.8 Å². The third-order valence-electron chi connectivity index (χ3n) is 3.57. The van der Waals surface area contributed by atoms with E-state index in [2.05, 4.69) is 10.6 Å². The second-order valence-electron chi connectivity index (χ2n) is 5.13. The molecular formula is C18H16N2O2S. The quantitative estimate of drug-likeness (QED) is 0.773. The number of hydrogen-bond acceptors (Lipinski definition) is 3. The van der Waals surface area contributed by atoms with Crippen molar-refractivity contribution >= 4 is 28.8 Å². The zero-order chi connectivity index (χ0) is 16.2. The van der Waals surface area contributed by atoms with E-state index in [0.29, 0.717) is 17.7 Å². The highest BCUT2D eigenvalue weighted by Crippen LogP contribution is 2.31. The zero-order valence-electron chi connectivity index (χ0n) is 12.6. The number of carbonyl (C=O) groups is 2. The molecule has 0 spiro atoms. The Balaban J connectivity index is 1.71. The molecule has 4 nitrogen and oxygen atoms in total. The van der Waals surface area contributed by atoms with Crippen molar-refractivity contribution in [2.75, 3.05) is 12.4 Å². The van der Waals surface area contributed by atoms with Crippen molar-refractivity contribution in [2.45, 2.75) is 6.42 Å². The van der Waals surface area contributed by atoms with Gasteiger partial charge in [0.15, 0.2) is 0 Å². The molecule has 0 saturated carbocycles. The van der Waals surface area contributed by atoms with Gasteiger partial charge < -0.3 is 10.6 Å². The minimum atomic E-state index is -0.176. The van der Waals surface area contributed by atoms with E-state index in [0.717, 1.165) is 11.1 Å². The van der Waals surface area contributed by atoms with Crippen LogP contribution in [0.15, 0.2) is 53.9 Å². The lowest BCUT2D eigenvalue weighted by Crippen LogP contribution is -2.19. The van der Waals surface area contributed by atoms with Gasteiger partial charge in [0.1, 0.15) is 0 Å². The summed E-state index contributed by atoms with van der Waals surface area (Å²) in [6.07, 6.45) is 0.310. The lowest BCUT2D eigenvalue weighted by molar-refractivity contribution is -0.115. The monoisotopic (exact) mass is 324 g/mol. The third-order valence-corrected chi connectivity index (χ3v) is 4.47. The summed E-state index contributed by atoms with van der Waals surface area (Å²) in [4.78, 5) is 25.1. The summed E-state index contributed by atoms with van der Waals surface area (Å²) in [7, 11) is 1.58. The van der Waals surface area contributed by atoms with E-state index in [1.165, 1.54) is 4.88 Å². The number of benzene rings is 1. The largest absolute Gasteiger partial charge is 0.355 e. The molecule has 23 heavy (non-hydrogen) atoms. The Bertz CT molecular complexity index is 825. The Morgan fingerprint density at radius 1 is 1.09 bits per heavy atom. The van der Waals surface area contributed by atoms with Crippen molar-refractivity contribution in [3.63, 3.8) is 0 Å². The van der Waals surface area contributed by atoms with Gasteiger partial charge in [-0.2, -0.15) is 0 Å². The molecule has 0 aromatic heterocycles. The normalized spacial score (nSPS) is 10.5. The van der Waals surface area contributed by atoms with E-state index >= 15 is 0 Å². The molecule has 0 fully saturated rings. The Morgan fingerprint density at radius 3 is 2.78 bits per heavy atom. The molecule has 0 saturated heterocycles. The summed E-state index contributed by atoms with van der Waals surface area (Å²) < 4.78 is 0. The van der Waals surface area contributed by atoms with Crippen LogP contribution in [0.5, 0.6) is 0 Å². The predicted molar refractivity (Wildman–Crippen MR) is 93.1 cm³/mol. The summed E-state index contributed by atoms with van der Waals surface area (Å²) >= 11 is 1.66. The van der Waals surface area contributed by atoms with E-state index in [1.807, 2.05) is 29.6 Å². The van der Waals surface area contributed by atoms with Gasteiger partial charge in [0.2, 0.25) is 5.91 Å². The predicted octanol–water partition coefficient (Wildman–Crippen LogP) is 3.39. The molecule has 0 unspecified atom stereocenters. The molecule has 1 aromatic rings. The molecule has 1 aromatic carbocycles. The first kappa shape index (κ1) is 15.2. The molecular weight excluding hydrogens is 308 g/mol. The fourth-order valence-corrected chi connectivity index (χ4v) is 3.25. The van der Waals surface area contributed by atoms with Gasteiger partial charge in [-0.05, 0) is 40.8 Å². The van der Waals surface area contributed by atoms with Crippen LogP contribution in [0.2, 0.25) is 0 Å². The standard InChI is InChI=1S/C18H16N2O2S/c1-19-18(22)13-4-2-5-14(10-13)20-17(21)11-12-7-8-16-15(12)6-3-9-23-16/h2-10H,11H2,1H3,(H,19,22)(H,20,21). The zero-order valence-corrected chi connectivity index (χ0v) is 13.4. The van der Waals surface area contributed by atoms with Crippen molar-refractivity contribution in [2.24, 2.45) is 0 Å². The third kappa shape index (κ3) is 3.40. The summed E-state index contributed by atoms with van der Waals surface area (Å²) in [5.74, 6) is -0.273. The number of hydrogen-bond donors (Lipinski definition) is 2. The van der Waals surface area contributed by atoms with Gasteiger partial charge in [-0.15, -0.1) is 11.3 Å². The Labute approximate surface area is 138 Å². The molecule has 1 heterocycles. The fourth-order valence-electron chi connectivity index (χ4n) is 2.47. The van der Waals surface area contributed by atoms with Crippen LogP contribution in [-0.4, -0.2) is 18.9 Å². The van der Waals surface area contributed by atoms with Crippen LogP contribution < -0.4 is 10.6 Å². The van der Waals surface area contributed by atoms with E-state index in [1.54, 1.807) is 42.6 Å². The van der Waals surface area contributed by atoms with Gasteiger partial charge >= 0.3 is 0 Å². The van der Waals surface area contributed by atoms with Crippen LogP contribution in [0, 0.1) is 0 Å². The van der Waals surface area contributed by atoms with Crippen LogP contribution in [0.25, 0.3) is 10.4 Å². The minimum absolute atomic E-state index is 0.0968. The smallest absolute Gasteiger partial charge is 0.251 e. The van der Waals surface area contributed by atoms with Crippen LogP contribution in [-0.2, 0) is 11.2 Å². The summed E-state index contributed by atoms with van der Waals surface area (Å²) in [6.45, 7) is 0. The summed E-state index contributed by atoms with van der Waals surface area (Å²) in [6, 6.07) is 14.9. The molecule has 2 aliphatic rings. The minimum Gasteiger partial charge on any atom is -0.355 e. The fraction of sp³-hybridized carbons (Fsp3) is 0.111. The van der Waals surface area contributed by atoms with Crippen LogP contribution in [0.3, 0.4) is 0 Å². The first-order chi connectivity index (χ1) is 11.2.